The molecule has 138 valence electrons. The van der Waals surface area contributed by atoms with Gasteiger partial charge >= 0.3 is 0 Å². The van der Waals surface area contributed by atoms with Crippen LogP contribution in [0.15, 0.2) is 30.3 Å². The number of carbonyl (C=O) groups is 1. The largest absolute Gasteiger partial charge is 0.373 e. The van der Waals surface area contributed by atoms with Crippen molar-refractivity contribution in [2.24, 2.45) is 0 Å². The highest BCUT2D eigenvalue weighted by Gasteiger charge is 2.30. The molecular weight excluding hydrogens is 328 g/mol. The van der Waals surface area contributed by atoms with Gasteiger partial charge in [-0.15, -0.1) is 0 Å². The fraction of sp³-hybridized carbons (Fsp3) is 0.500. The van der Waals surface area contributed by atoms with Crippen LogP contribution < -0.4 is 0 Å². The van der Waals surface area contributed by atoms with E-state index in [0.717, 1.165) is 49.8 Å². The molecule has 0 aliphatic carbocycles. The van der Waals surface area contributed by atoms with Gasteiger partial charge in [0.25, 0.3) is 5.91 Å². The first-order chi connectivity index (χ1) is 12.6. The summed E-state index contributed by atoms with van der Waals surface area (Å²) in [6.45, 7) is 9.59. The standard InChI is InChI=1S/C20H26N4O2/c1-15(2)22-8-10-23(11-9-22)20(25)18-17-14-26-13-12-24(17)19(21-18)16-6-4-3-5-7-16/h3-7,15H,8-14H2,1-2H3. The molecule has 4 rings (SSSR count). The molecule has 1 fully saturated rings. The van der Waals surface area contributed by atoms with E-state index in [1.54, 1.807) is 0 Å². The summed E-state index contributed by atoms with van der Waals surface area (Å²) >= 11 is 0. The number of hydrogen-bond acceptors (Lipinski definition) is 4. The molecule has 26 heavy (non-hydrogen) atoms. The fourth-order valence-corrected chi connectivity index (χ4v) is 3.77. The highest BCUT2D eigenvalue weighted by atomic mass is 16.5. The second-order valence-corrected chi connectivity index (χ2v) is 7.22. The van der Waals surface area contributed by atoms with E-state index in [4.69, 9.17) is 9.72 Å². The van der Waals surface area contributed by atoms with Crippen LogP contribution in [0.3, 0.4) is 0 Å². The number of carbonyl (C=O) groups excluding carboxylic acids is 1. The third-order valence-corrected chi connectivity index (χ3v) is 5.34. The highest BCUT2D eigenvalue weighted by molar-refractivity contribution is 5.94. The van der Waals surface area contributed by atoms with Crippen molar-refractivity contribution in [2.45, 2.75) is 33.0 Å². The Balaban J connectivity index is 1.63. The van der Waals surface area contributed by atoms with Crippen molar-refractivity contribution in [1.82, 2.24) is 19.4 Å². The van der Waals surface area contributed by atoms with Gasteiger partial charge in [-0.2, -0.15) is 0 Å². The average molecular weight is 354 g/mol. The summed E-state index contributed by atoms with van der Waals surface area (Å²) in [5.41, 5.74) is 2.51. The van der Waals surface area contributed by atoms with E-state index in [0.29, 0.717) is 24.9 Å². The van der Waals surface area contributed by atoms with E-state index in [1.165, 1.54) is 0 Å². The molecule has 2 aliphatic heterocycles. The number of fused-ring (bicyclic) bond motifs is 1. The lowest BCUT2D eigenvalue weighted by Gasteiger charge is -2.36. The molecule has 1 saturated heterocycles. The Morgan fingerprint density at radius 1 is 1.08 bits per heavy atom. The maximum absolute atomic E-state index is 13.2. The van der Waals surface area contributed by atoms with Crippen LogP contribution in [0.25, 0.3) is 11.4 Å². The molecular formula is C20H26N4O2. The molecule has 1 aromatic heterocycles. The molecule has 0 bridgehead atoms. The van der Waals surface area contributed by atoms with Gasteiger partial charge in [0.1, 0.15) is 5.82 Å². The summed E-state index contributed by atoms with van der Waals surface area (Å²) in [6, 6.07) is 10.6. The Bertz CT molecular complexity index is 777. The zero-order valence-corrected chi connectivity index (χ0v) is 15.5. The number of rotatable bonds is 3. The van der Waals surface area contributed by atoms with Crippen molar-refractivity contribution in [3.8, 4) is 11.4 Å². The molecule has 1 aromatic carbocycles. The lowest BCUT2D eigenvalue weighted by atomic mass is 10.2. The maximum Gasteiger partial charge on any atom is 0.274 e. The first-order valence-corrected chi connectivity index (χ1v) is 9.41. The third kappa shape index (κ3) is 3.15. The predicted octanol–water partition coefficient (Wildman–Crippen LogP) is 2.25. The SMILES string of the molecule is CC(C)N1CCN(C(=O)c2nc(-c3ccccc3)n3c2COCC3)CC1. The molecule has 0 radical (unpaired) electrons. The summed E-state index contributed by atoms with van der Waals surface area (Å²) in [5.74, 6) is 0.901. The number of benzene rings is 1. The van der Waals surface area contributed by atoms with Crippen LogP contribution in [0.2, 0.25) is 0 Å². The van der Waals surface area contributed by atoms with Crippen LogP contribution in [-0.4, -0.2) is 64.1 Å². The van der Waals surface area contributed by atoms with Crippen LogP contribution >= 0.6 is 0 Å². The topological polar surface area (TPSA) is 50.6 Å². The normalized spacial score (nSPS) is 18.2. The van der Waals surface area contributed by atoms with Gasteiger partial charge in [-0.05, 0) is 13.8 Å². The second-order valence-electron chi connectivity index (χ2n) is 7.22. The molecule has 3 heterocycles. The van der Waals surface area contributed by atoms with Crippen molar-refractivity contribution in [2.75, 3.05) is 32.8 Å². The van der Waals surface area contributed by atoms with Gasteiger partial charge in [0.2, 0.25) is 0 Å². The van der Waals surface area contributed by atoms with Gasteiger partial charge in [0.15, 0.2) is 5.69 Å². The Hall–Kier alpha value is -2.18. The van der Waals surface area contributed by atoms with Crippen molar-refractivity contribution in [3.05, 3.63) is 41.7 Å². The van der Waals surface area contributed by atoms with Gasteiger partial charge in [-0.25, -0.2) is 4.98 Å². The van der Waals surface area contributed by atoms with E-state index in [-0.39, 0.29) is 5.91 Å². The van der Waals surface area contributed by atoms with Crippen molar-refractivity contribution in [1.29, 1.82) is 0 Å². The van der Waals surface area contributed by atoms with Gasteiger partial charge < -0.3 is 14.2 Å². The van der Waals surface area contributed by atoms with E-state index in [2.05, 4.69) is 23.3 Å². The summed E-state index contributed by atoms with van der Waals surface area (Å²) < 4.78 is 7.78. The van der Waals surface area contributed by atoms with Crippen LogP contribution in [-0.2, 0) is 17.9 Å². The molecule has 0 atom stereocenters. The van der Waals surface area contributed by atoms with Gasteiger partial charge in [0.05, 0.1) is 18.9 Å². The minimum Gasteiger partial charge on any atom is -0.373 e. The summed E-state index contributed by atoms with van der Waals surface area (Å²) in [4.78, 5) is 22.3. The molecule has 6 heteroatoms. The van der Waals surface area contributed by atoms with Crippen LogP contribution in [0.1, 0.15) is 30.0 Å². The maximum atomic E-state index is 13.2. The first kappa shape index (κ1) is 17.2. The predicted molar refractivity (Wildman–Crippen MR) is 99.9 cm³/mol. The summed E-state index contributed by atoms with van der Waals surface area (Å²) in [5, 5.41) is 0. The number of aromatic nitrogens is 2. The number of piperazine rings is 1. The summed E-state index contributed by atoms with van der Waals surface area (Å²) in [6.07, 6.45) is 0. The molecule has 0 spiro atoms. The lowest BCUT2D eigenvalue weighted by Crippen LogP contribution is -2.51. The van der Waals surface area contributed by atoms with Crippen LogP contribution in [0, 0.1) is 0 Å². The van der Waals surface area contributed by atoms with Crippen LogP contribution in [0.4, 0.5) is 0 Å². The number of hydrogen-bond donors (Lipinski definition) is 0. The molecule has 0 saturated carbocycles. The minimum atomic E-state index is 0.0323. The molecule has 0 N–H and O–H groups in total. The van der Waals surface area contributed by atoms with Crippen molar-refractivity contribution >= 4 is 5.91 Å². The minimum absolute atomic E-state index is 0.0323. The van der Waals surface area contributed by atoms with E-state index in [9.17, 15) is 4.79 Å². The number of imidazole rings is 1. The smallest absolute Gasteiger partial charge is 0.274 e. The van der Waals surface area contributed by atoms with Gasteiger partial charge in [0, 0.05) is 44.3 Å². The Morgan fingerprint density at radius 3 is 2.50 bits per heavy atom. The molecule has 1 amide bonds. The van der Waals surface area contributed by atoms with E-state index >= 15 is 0 Å². The number of nitrogens with zero attached hydrogens (tertiary/aromatic N) is 4. The lowest BCUT2D eigenvalue weighted by molar-refractivity contribution is 0.0570. The quantitative estimate of drug-likeness (QED) is 0.848. The van der Waals surface area contributed by atoms with E-state index < -0.39 is 0 Å². The molecule has 2 aromatic rings. The van der Waals surface area contributed by atoms with Crippen LogP contribution in [0.5, 0.6) is 0 Å². The molecule has 6 nitrogen and oxygen atoms in total. The summed E-state index contributed by atoms with van der Waals surface area (Å²) in [7, 11) is 0. The average Bonchev–Trinajstić information content (AvgIpc) is 3.08. The molecule has 2 aliphatic rings. The second kappa shape index (κ2) is 7.21. The zero-order chi connectivity index (χ0) is 18.1. The van der Waals surface area contributed by atoms with Gasteiger partial charge in [-0.1, -0.05) is 30.3 Å². The Labute approximate surface area is 154 Å². The number of ether oxygens (including phenoxy) is 1. The third-order valence-electron chi connectivity index (χ3n) is 5.34. The Morgan fingerprint density at radius 2 is 1.81 bits per heavy atom. The van der Waals surface area contributed by atoms with Crippen molar-refractivity contribution in [3.63, 3.8) is 0 Å². The molecule has 0 unspecified atom stereocenters. The monoisotopic (exact) mass is 354 g/mol. The van der Waals surface area contributed by atoms with E-state index in [1.807, 2.05) is 35.2 Å². The highest BCUT2D eigenvalue weighted by Crippen LogP contribution is 2.26. The number of amides is 1. The fourth-order valence-electron chi connectivity index (χ4n) is 3.77. The van der Waals surface area contributed by atoms with Crippen molar-refractivity contribution < 1.29 is 9.53 Å². The first-order valence-electron chi connectivity index (χ1n) is 9.41. The zero-order valence-electron chi connectivity index (χ0n) is 15.5. The Kier molecular flexibility index (Phi) is 4.78. The van der Waals surface area contributed by atoms with Gasteiger partial charge in [-0.3, -0.25) is 9.69 Å².